The van der Waals surface area contributed by atoms with Gasteiger partial charge in [-0.2, -0.15) is 5.10 Å². The minimum absolute atomic E-state index is 0.0950. The van der Waals surface area contributed by atoms with Gasteiger partial charge in [-0.1, -0.05) is 11.6 Å². The fourth-order valence-corrected chi connectivity index (χ4v) is 5.21. The Bertz CT molecular complexity index is 1410. The minimum atomic E-state index is -0.294. The lowest BCUT2D eigenvalue weighted by atomic mass is 10.1. The molecule has 176 valence electrons. The first-order valence-electron chi connectivity index (χ1n) is 11.2. The van der Waals surface area contributed by atoms with Crippen LogP contribution >= 0.6 is 22.9 Å². The third-order valence-corrected chi connectivity index (χ3v) is 6.98. The first kappa shape index (κ1) is 22.7. The standard InChI is InChI=1S/C25H25ClN4O3S/c1-13(2)30-24-18(12-27-30)17(9-20(28-24)16-8-14(3)34-15(16)4)25(31)29-21-11-23-22(10-19(21)26)32-6-5-7-33-23/h8-13H,5-7H2,1-4H3,(H,29,31). The van der Waals surface area contributed by atoms with Crippen molar-refractivity contribution in [3.63, 3.8) is 0 Å². The van der Waals surface area contributed by atoms with Crippen LogP contribution in [0.3, 0.4) is 0 Å². The molecule has 0 atom stereocenters. The Balaban J connectivity index is 1.60. The molecule has 0 fully saturated rings. The van der Waals surface area contributed by atoms with Gasteiger partial charge in [-0.25, -0.2) is 9.67 Å². The van der Waals surface area contributed by atoms with Gasteiger partial charge in [0.25, 0.3) is 5.91 Å². The Morgan fingerprint density at radius 2 is 1.88 bits per heavy atom. The molecule has 7 nitrogen and oxygen atoms in total. The van der Waals surface area contributed by atoms with E-state index in [0.29, 0.717) is 52.0 Å². The number of hydrogen-bond acceptors (Lipinski definition) is 6. The lowest BCUT2D eigenvalue weighted by Crippen LogP contribution is -2.14. The average Bonchev–Trinajstić information content (AvgIpc) is 3.29. The Morgan fingerprint density at radius 1 is 1.15 bits per heavy atom. The van der Waals surface area contributed by atoms with E-state index in [2.05, 4.69) is 30.3 Å². The van der Waals surface area contributed by atoms with E-state index in [-0.39, 0.29) is 11.9 Å². The Morgan fingerprint density at radius 3 is 2.56 bits per heavy atom. The van der Waals surface area contributed by atoms with Gasteiger partial charge in [-0.05, 0) is 39.8 Å². The number of aromatic nitrogens is 3. The van der Waals surface area contributed by atoms with Gasteiger partial charge in [0, 0.05) is 39.9 Å². The van der Waals surface area contributed by atoms with Crippen molar-refractivity contribution in [1.82, 2.24) is 14.8 Å². The molecule has 0 saturated carbocycles. The van der Waals surface area contributed by atoms with E-state index in [1.165, 1.54) is 4.88 Å². The van der Waals surface area contributed by atoms with E-state index < -0.39 is 0 Å². The molecular weight excluding hydrogens is 472 g/mol. The van der Waals surface area contributed by atoms with Gasteiger partial charge >= 0.3 is 0 Å². The summed E-state index contributed by atoms with van der Waals surface area (Å²) in [5, 5.41) is 8.53. The highest BCUT2D eigenvalue weighted by atomic mass is 35.5. The number of anilines is 1. The normalized spacial score (nSPS) is 13.4. The number of aryl methyl sites for hydroxylation is 2. The summed E-state index contributed by atoms with van der Waals surface area (Å²) < 4.78 is 13.3. The van der Waals surface area contributed by atoms with Crippen LogP contribution in [0, 0.1) is 13.8 Å². The highest BCUT2D eigenvalue weighted by Gasteiger charge is 2.22. The van der Waals surface area contributed by atoms with Crippen LogP contribution in [0.5, 0.6) is 11.5 Å². The number of hydrogen-bond donors (Lipinski definition) is 1. The van der Waals surface area contributed by atoms with Crippen LogP contribution in [0.2, 0.25) is 5.02 Å². The van der Waals surface area contributed by atoms with Crippen molar-refractivity contribution >= 4 is 45.6 Å². The van der Waals surface area contributed by atoms with Crippen LogP contribution in [-0.4, -0.2) is 33.9 Å². The summed E-state index contributed by atoms with van der Waals surface area (Å²) in [5.74, 6) is 0.850. The van der Waals surface area contributed by atoms with Crippen molar-refractivity contribution in [3.05, 3.63) is 50.8 Å². The molecule has 0 radical (unpaired) electrons. The molecule has 5 rings (SSSR count). The summed E-state index contributed by atoms with van der Waals surface area (Å²) in [6.45, 7) is 9.32. The molecule has 34 heavy (non-hydrogen) atoms. The zero-order chi connectivity index (χ0) is 24.0. The third kappa shape index (κ3) is 4.12. The molecule has 1 aromatic carbocycles. The quantitative estimate of drug-likeness (QED) is 0.352. The number of carbonyl (C=O) groups is 1. The number of nitrogens with zero attached hydrogens (tertiary/aromatic N) is 3. The Labute approximate surface area is 206 Å². The fraction of sp³-hybridized carbons (Fsp3) is 0.320. The molecule has 0 unspecified atom stereocenters. The zero-order valence-electron chi connectivity index (χ0n) is 19.4. The molecule has 3 aromatic heterocycles. The molecule has 0 aliphatic carbocycles. The van der Waals surface area contributed by atoms with E-state index in [1.54, 1.807) is 29.7 Å². The second-order valence-electron chi connectivity index (χ2n) is 8.59. The third-order valence-electron chi connectivity index (χ3n) is 5.70. The number of pyridine rings is 1. The van der Waals surface area contributed by atoms with Crippen molar-refractivity contribution in [3.8, 4) is 22.8 Å². The molecule has 1 N–H and O–H groups in total. The maximum Gasteiger partial charge on any atom is 0.256 e. The molecule has 1 aliphatic heterocycles. The van der Waals surface area contributed by atoms with Crippen LogP contribution in [0.25, 0.3) is 22.3 Å². The molecule has 0 saturated heterocycles. The molecule has 0 spiro atoms. The zero-order valence-corrected chi connectivity index (χ0v) is 21.0. The van der Waals surface area contributed by atoms with Gasteiger partial charge in [-0.3, -0.25) is 4.79 Å². The smallest absolute Gasteiger partial charge is 0.256 e. The molecular formula is C25H25ClN4O3S. The second-order valence-corrected chi connectivity index (χ2v) is 10.5. The number of nitrogens with one attached hydrogen (secondary N) is 1. The van der Waals surface area contributed by atoms with E-state index in [1.807, 2.05) is 24.6 Å². The largest absolute Gasteiger partial charge is 0.490 e. The Kier molecular flexibility index (Phi) is 5.95. The van der Waals surface area contributed by atoms with Crippen LogP contribution in [0.4, 0.5) is 5.69 Å². The minimum Gasteiger partial charge on any atom is -0.490 e. The van der Waals surface area contributed by atoms with E-state index in [9.17, 15) is 4.79 Å². The van der Waals surface area contributed by atoms with Gasteiger partial charge in [0.1, 0.15) is 0 Å². The molecule has 4 heterocycles. The van der Waals surface area contributed by atoms with Gasteiger partial charge in [0.2, 0.25) is 0 Å². The monoisotopic (exact) mass is 496 g/mol. The molecule has 0 bridgehead atoms. The number of rotatable bonds is 4. The first-order chi connectivity index (χ1) is 16.3. The van der Waals surface area contributed by atoms with Crippen LogP contribution in [-0.2, 0) is 0 Å². The van der Waals surface area contributed by atoms with Crippen molar-refractivity contribution in [1.29, 1.82) is 0 Å². The number of amides is 1. The number of benzene rings is 1. The summed E-state index contributed by atoms with van der Waals surface area (Å²) in [6, 6.07) is 7.42. The van der Waals surface area contributed by atoms with Gasteiger partial charge in [0.05, 0.1) is 46.8 Å². The summed E-state index contributed by atoms with van der Waals surface area (Å²) >= 11 is 8.19. The predicted molar refractivity (Wildman–Crippen MR) is 136 cm³/mol. The number of fused-ring (bicyclic) bond motifs is 2. The summed E-state index contributed by atoms with van der Waals surface area (Å²) in [7, 11) is 0. The van der Waals surface area contributed by atoms with Crippen molar-refractivity contribution in [2.75, 3.05) is 18.5 Å². The van der Waals surface area contributed by atoms with Crippen molar-refractivity contribution in [2.45, 2.75) is 40.2 Å². The summed E-state index contributed by atoms with van der Waals surface area (Å²) in [6.07, 6.45) is 2.48. The van der Waals surface area contributed by atoms with Crippen molar-refractivity contribution in [2.24, 2.45) is 0 Å². The second kappa shape index (κ2) is 8.92. The predicted octanol–water partition coefficient (Wildman–Crippen LogP) is 6.42. The molecule has 4 aromatic rings. The highest BCUT2D eigenvalue weighted by Crippen LogP contribution is 2.38. The van der Waals surface area contributed by atoms with Crippen molar-refractivity contribution < 1.29 is 14.3 Å². The molecule has 1 amide bonds. The maximum atomic E-state index is 13.6. The van der Waals surface area contributed by atoms with E-state index >= 15 is 0 Å². The fourth-order valence-electron chi connectivity index (χ4n) is 4.08. The van der Waals surface area contributed by atoms with Gasteiger partial charge < -0.3 is 14.8 Å². The van der Waals surface area contributed by atoms with Gasteiger partial charge in [-0.15, -0.1) is 11.3 Å². The number of thiophene rings is 1. The molecule has 1 aliphatic rings. The number of halogens is 1. The number of carbonyl (C=O) groups excluding carboxylic acids is 1. The highest BCUT2D eigenvalue weighted by molar-refractivity contribution is 7.12. The van der Waals surface area contributed by atoms with Crippen LogP contribution in [0.15, 0.2) is 30.5 Å². The topological polar surface area (TPSA) is 78.3 Å². The molecule has 9 heteroatoms. The lowest BCUT2D eigenvalue weighted by Gasteiger charge is -2.14. The van der Waals surface area contributed by atoms with Crippen LogP contribution < -0.4 is 14.8 Å². The summed E-state index contributed by atoms with van der Waals surface area (Å²) in [4.78, 5) is 20.8. The lowest BCUT2D eigenvalue weighted by molar-refractivity contribution is 0.102. The van der Waals surface area contributed by atoms with Gasteiger partial charge in [0.15, 0.2) is 17.1 Å². The summed E-state index contributed by atoms with van der Waals surface area (Å²) in [5.41, 5.74) is 3.38. The van der Waals surface area contributed by atoms with Crippen LogP contribution in [0.1, 0.15) is 46.4 Å². The first-order valence-corrected chi connectivity index (χ1v) is 12.4. The number of ether oxygens (including phenoxy) is 2. The SMILES string of the molecule is Cc1cc(-c2cc(C(=O)Nc3cc4c(cc3Cl)OCCCO4)c3cnn(C(C)C)c3n2)c(C)s1. The maximum absolute atomic E-state index is 13.6. The van der Waals surface area contributed by atoms with E-state index in [0.717, 1.165) is 22.6 Å². The Hall–Kier alpha value is -3.10. The van der Waals surface area contributed by atoms with E-state index in [4.69, 9.17) is 26.1 Å². The average molecular weight is 497 g/mol.